The van der Waals surface area contributed by atoms with E-state index >= 15 is 0 Å². The summed E-state index contributed by atoms with van der Waals surface area (Å²) in [5.41, 5.74) is 5.13. The molecular formula is C14H28N2O3. The quantitative estimate of drug-likeness (QED) is 0.694. The van der Waals surface area contributed by atoms with Gasteiger partial charge < -0.3 is 15.6 Å². The van der Waals surface area contributed by atoms with Gasteiger partial charge in [-0.05, 0) is 26.7 Å². The predicted octanol–water partition coefficient (Wildman–Crippen LogP) is 1.87. The first-order valence-corrected chi connectivity index (χ1v) is 7.31. The van der Waals surface area contributed by atoms with Crippen molar-refractivity contribution in [3.63, 3.8) is 0 Å². The SMILES string of the molecule is CCCCCN1C(=O)O[C@](C)([C@H](O)CC)[C@H]1[C@@H](C)N. The average Bonchev–Trinajstić information content (AvgIpc) is 2.61. The zero-order valence-electron chi connectivity index (χ0n) is 12.6. The number of rotatable bonds is 7. The summed E-state index contributed by atoms with van der Waals surface area (Å²) in [6, 6.07) is -0.508. The molecule has 112 valence electrons. The van der Waals surface area contributed by atoms with Crippen LogP contribution in [0.2, 0.25) is 0 Å². The summed E-state index contributed by atoms with van der Waals surface area (Å²) in [5.74, 6) is 0. The highest BCUT2D eigenvalue weighted by Gasteiger charge is 2.55. The minimum absolute atomic E-state index is 0.237. The van der Waals surface area contributed by atoms with Crippen LogP contribution in [-0.2, 0) is 4.74 Å². The molecule has 4 atom stereocenters. The fourth-order valence-electron chi connectivity index (χ4n) is 2.97. The number of unbranched alkanes of at least 4 members (excludes halogenated alkanes) is 2. The lowest BCUT2D eigenvalue weighted by molar-refractivity contribution is -0.0645. The number of carbonyl (C=O) groups is 1. The number of ether oxygens (including phenoxy) is 1. The molecule has 0 bridgehead atoms. The Hall–Kier alpha value is -0.810. The first kappa shape index (κ1) is 16.2. The molecule has 0 saturated carbocycles. The number of cyclic esters (lactones) is 1. The maximum absolute atomic E-state index is 12.1. The maximum atomic E-state index is 12.1. The second-order valence-corrected chi connectivity index (χ2v) is 5.68. The summed E-state index contributed by atoms with van der Waals surface area (Å²) in [6.45, 7) is 8.29. The number of aliphatic hydroxyl groups excluding tert-OH is 1. The average molecular weight is 272 g/mol. The van der Waals surface area contributed by atoms with Crippen LogP contribution in [0.15, 0.2) is 0 Å². The monoisotopic (exact) mass is 272 g/mol. The van der Waals surface area contributed by atoms with Crippen LogP contribution in [0.5, 0.6) is 0 Å². The van der Waals surface area contributed by atoms with Crippen molar-refractivity contribution in [2.75, 3.05) is 6.54 Å². The molecule has 1 rings (SSSR count). The van der Waals surface area contributed by atoms with E-state index in [1.165, 1.54) is 0 Å². The van der Waals surface area contributed by atoms with E-state index in [9.17, 15) is 9.90 Å². The molecule has 1 saturated heterocycles. The molecule has 0 radical (unpaired) electrons. The zero-order valence-corrected chi connectivity index (χ0v) is 12.6. The van der Waals surface area contributed by atoms with E-state index in [1.807, 2.05) is 13.8 Å². The van der Waals surface area contributed by atoms with Crippen molar-refractivity contribution in [1.29, 1.82) is 0 Å². The molecule has 1 amide bonds. The Labute approximate surface area is 116 Å². The van der Waals surface area contributed by atoms with Gasteiger partial charge in [-0.3, -0.25) is 4.90 Å². The standard InChI is InChI=1S/C14H28N2O3/c1-5-7-8-9-16-12(10(3)15)14(4,11(17)6-2)19-13(16)18/h10-12,17H,5-9,15H2,1-4H3/t10-,11-,12-,14-/m1/s1. The predicted molar refractivity (Wildman–Crippen MR) is 74.9 cm³/mol. The number of hydrogen-bond donors (Lipinski definition) is 2. The van der Waals surface area contributed by atoms with Crippen LogP contribution < -0.4 is 5.73 Å². The number of hydrogen-bond acceptors (Lipinski definition) is 4. The molecule has 1 fully saturated rings. The van der Waals surface area contributed by atoms with Crippen LogP contribution >= 0.6 is 0 Å². The van der Waals surface area contributed by atoms with Gasteiger partial charge in [-0.1, -0.05) is 26.7 Å². The summed E-state index contributed by atoms with van der Waals surface area (Å²) >= 11 is 0. The number of nitrogens with two attached hydrogens (primary N) is 1. The van der Waals surface area contributed by atoms with Gasteiger partial charge in [0, 0.05) is 12.6 Å². The zero-order chi connectivity index (χ0) is 14.6. The second kappa shape index (κ2) is 6.57. The van der Waals surface area contributed by atoms with E-state index in [1.54, 1.807) is 11.8 Å². The lowest BCUT2D eigenvalue weighted by Gasteiger charge is -2.37. The summed E-state index contributed by atoms with van der Waals surface area (Å²) in [4.78, 5) is 13.8. The summed E-state index contributed by atoms with van der Waals surface area (Å²) < 4.78 is 5.48. The second-order valence-electron chi connectivity index (χ2n) is 5.68. The minimum atomic E-state index is -0.911. The Kier molecular flexibility index (Phi) is 5.62. The lowest BCUT2D eigenvalue weighted by atomic mass is 9.85. The van der Waals surface area contributed by atoms with Crippen LogP contribution in [-0.4, -0.2) is 46.4 Å². The molecular weight excluding hydrogens is 244 g/mol. The van der Waals surface area contributed by atoms with Gasteiger partial charge in [0.25, 0.3) is 0 Å². The summed E-state index contributed by atoms with van der Waals surface area (Å²) in [7, 11) is 0. The van der Waals surface area contributed by atoms with Crippen LogP contribution in [0, 0.1) is 0 Å². The molecule has 1 heterocycles. The maximum Gasteiger partial charge on any atom is 0.410 e. The molecule has 0 aliphatic carbocycles. The third-order valence-electron chi connectivity index (χ3n) is 4.01. The van der Waals surface area contributed by atoms with Crippen molar-refractivity contribution in [3.8, 4) is 0 Å². The number of carbonyl (C=O) groups excluding carboxylic acids is 1. The molecule has 5 nitrogen and oxygen atoms in total. The Bertz CT molecular complexity index is 309. The Balaban J connectivity index is 2.89. The van der Waals surface area contributed by atoms with Crippen molar-refractivity contribution >= 4 is 6.09 Å². The van der Waals surface area contributed by atoms with Gasteiger partial charge in [-0.2, -0.15) is 0 Å². The molecule has 19 heavy (non-hydrogen) atoms. The molecule has 0 spiro atoms. The van der Waals surface area contributed by atoms with E-state index in [-0.39, 0.29) is 18.2 Å². The number of nitrogens with zero attached hydrogens (tertiary/aromatic N) is 1. The van der Waals surface area contributed by atoms with E-state index < -0.39 is 11.7 Å². The largest absolute Gasteiger partial charge is 0.438 e. The topological polar surface area (TPSA) is 75.8 Å². The van der Waals surface area contributed by atoms with Gasteiger partial charge in [0.2, 0.25) is 0 Å². The molecule has 1 aliphatic heterocycles. The lowest BCUT2D eigenvalue weighted by Crippen LogP contribution is -2.58. The van der Waals surface area contributed by atoms with E-state index in [2.05, 4.69) is 6.92 Å². The fourth-order valence-corrected chi connectivity index (χ4v) is 2.97. The first-order chi connectivity index (χ1) is 8.88. The molecule has 0 unspecified atom stereocenters. The molecule has 3 N–H and O–H groups in total. The highest BCUT2D eigenvalue weighted by molar-refractivity contribution is 5.72. The van der Waals surface area contributed by atoms with E-state index in [0.717, 1.165) is 19.3 Å². The Morgan fingerprint density at radius 2 is 2.11 bits per heavy atom. The normalized spacial score (nSPS) is 30.3. The highest BCUT2D eigenvalue weighted by Crippen LogP contribution is 2.35. The van der Waals surface area contributed by atoms with Crippen LogP contribution in [0.1, 0.15) is 53.4 Å². The molecule has 1 aliphatic rings. The van der Waals surface area contributed by atoms with Crippen molar-refractivity contribution < 1.29 is 14.6 Å². The van der Waals surface area contributed by atoms with Crippen molar-refractivity contribution in [2.24, 2.45) is 5.73 Å². The van der Waals surface area contributed by atoms with Crippen molar-refractivity contribution in [3.05, 3.63) is 0 Å². The molecule has 5 heteroatoms. The molecule has 0 aromatic rings. The van der Waals surface area contributed by atoms with Crippen molar-refractivity contribution in [2.45, 2.75) is 77.2 Å². The van der Waals surface area contributed by atoms with Gasteiger partial charge >= 0.3 is 6.09 Å². The Morgan fingerprint density at radius 3 is 2.58 bits per heavy atom. The van der Waals surface area contributed by atoms with Crippen LogP contribution in [0.25, 0.3) is 0 Å². The highest BCUT2D eigenvalue weighted by atomic mass is 16.6. The minimum Gasteiger partial charge on any atom is -0.438 e. The van der Waals surface area contributed by atoms with Crippen molar-refractivity contribution in [1.82, 2.24) is 4.90 Å². The van der Waals surface area contributed by atoms with Gasteiger partial charge in [-0.15, -0.1) is 0 Å². The Morgan fingerprint density at radius 1 is 1.47 bits per heavy atom. The van der Waals surface area contributed by atoms with Gasteiger partial charge in [0.05, 0.1) is 12.1 Å². The molecule has 0 aromatic heterocycles. The first-order valence-electron chi connectivity index (χ1n) is 7.31. The fraction of sp³-hybridized carbons (Fsp3) is 0.929. The van der Waals surface area contributed by atoms with Gasteiger partial charge in [0.15, 0.2) is 5.60 Å². The van der Waals surface area contributed by atoms with E-state index in [0.29, 0.717) is 13.0 Å². The van der Waals surface area contributed by atoms with Gasteiger partial charge in [-0.25, -0.2) is 4.79 Å². The van der Waals surface area contributed by atoms with Crippen LogP contribution in [0.3, 0.4) is 0 Å². The summed E-state index contributed by atoms with van der Waals surface area (Å²) in [5, 5.41) is 10.2. The molecule has 0 aromatic carbocycles. The van der Waals surface area contributed by atoms with Gasteiger partial charge in [0.1, 0.15) is 0 Å². The number of aliphatic hydroxyl groups is 1. The van der Waals surface area contributed by atoms with E-state index in [4.69, 9.17) is 10.5 Å². The third kappa shape index (κ3) is 3.20. The summed E-state index contributed by atoms with van der Waals surface area (Å²) in [6.07, 6.45) is 2.60. The number of amides is 1. The smallest absolute Gasteiger partial charge is 0.410 e. The van der Waals surface area contributed by atoms with Crippen LogP contribution in [0.4, 0.5) is 4.79 Å². The third-order valence-corrected chi connectivity index (χ3v) is 4.01.